The molecule has 0 aliphatic heterocycles. The molecule has 9 heteroatoms. The Morgan fingerprint density at radius 3 is 2.69 bits per heavy atom. The Labute approximate surface area is 156 Å². The van der Waals surface area contributed by atoms with Crippen LogP contribution in [0.5, 0.6) is 11.5 Å². The second-order valence-corrected chi connectivity index (χ2v) is 5.36. The van der Waals surface area contributed by atoms with E-state index in [0.717, 1.165) is 5.69 Å². The fraction of sp³-hybridized carbons (Fsp3) is 0.176. The summed E-state index contributed by atoms with van der Waals surface area (Å²) in [5.41, 5.74) is 3.74. The van der Waals surface area contributed by atoms with Crippen LogP contribution < -0.4 is 20.2 Å². The summed E-state index contributed by atoms with van der Waals surface area (Å²) in [5.74, 6) is 0.346. The molecule has 0 fully saturated rings. The zero-order chi connectivity index (χ0) is 18.9. The highest BCUT2D eigenvalue weighted by Gasteiger charge is 2.21. The van der Waals surface area contributed by atoms with Crippen molar-refractivity contribution in [3.05, 3.63) is 58.1 Å². The van der Waals surface area contributed by atoms with Crippen molar-refractivity contribution in [3.63, 3.8) is 0 Å². The van der Waals surface area contributed by atoms with E-state index in [0.29, 0.717) is 10.7 Å². The minimum Gasteiger partial charge on any atom is -0.493 e. The van der Waals surface area contributed by atoms with Gasteiger partial charge < -0.3 is 14.8 Å². The molecule has 2 aromatic carbocycles. The lowest BCUT2D eigenvalue weighted by Gasteiger charge is -2.10. The van der Waals surface area contributed by atoms with Crippen molar-refractivity contribution in [1.29, 1.82) is 0 Å². The van der Waals surface area contributed by atoms with Crippen LogP contribution in [0.3, 0.4) is 0 Å². The molecular weight excluding hydrogens is 356 g/mol. The predicted molar refractivity (Wildman–Crippen MR) is 104 cm³/mol. The fourth-order valence-electron chi connectivity index (χ4n) is 2.11. The van der Waals surface area contributed by atoms with Crippen molar-refractivity contribution >= 4 is 34.9 Å². The van der Waals surface area contributed by atoms with Crippen LogP contribution in [0.2, 0.25) is 0 Å². The summed E-state index contributed by atoms with van der Waals surface area (Å²) in [6, 6.07) is 12.3. The number of nitro groups is 1. The first-order valence-corrected chi connectivity index (χ1v) is 8.10. The summed E-state index contributed by atoms with van der Waals surface area (Å²) in [6.07, 6.45) is 1.41. The van der Waals surface area contributed by atoms with Gasteiger partial charge in [0.2, 0.25) is 5.75 Å². The lowest BCUT2D eigenvalue weighted by molar-refractivity contribution is -0.385. The third-order valence-corrected chi connectivity index (χ3v) is 3.37. The molecule has 0 saturated carbocycles. The number of nitrogens with one attached hydrogen (secondary N) is 2. The van der Waals surface area contributed by atoms with E-state index in [2.05, 4.69) is 15.8 Å². The van der Waals surface area contributed by atoms with Gasteiger partial charge in [0.25, 0.3) is 0 Å². The van der Waals surface area contributed by atoms with Crippen molar-refractivity contribution < 1.29 is 14.4 Å². The average Bonchev–Trinajstić information content (AvgIpc) is 2.63. The molecule has 2 rings (SSSR count). The number of hydrazone groups is 1. The Morgan fingerprint density at radius 1 is 1.35 bits per heavy atom. The summed E-state index contributed by atoms with van der Waals surface area (Å²) >= 11 is 5.13. The lowest BCUT2D eigenvalue weighted by Crippen LogP contribution is -2.23. The van der Waals surface area contributed by atoms with Crippen LogP contribution in [-0.4, -0.2) is 30.0 Å². The van der Waals surface area contributed by atoms with E-state index in [4.69, 9.17) is 21.7 Å². The Balaban J connectivity index is 2.13. The van der Waals surface area contributed by atoms with Crippen molar-refractivity contribution in [2.24, 2.45) is 5.10 Å². The van der Waals surface area contributed by atoms with Crippen molar-refractivity contribution in [1.82, 2.24) is 5.43 Å². The van der Waals surface area contributed by atoms with Gasteiger partial charge in [0.05, 0.1) is 24.9 Å². The van der Waals surface area contributed by atoms with Gasteiger partial charge in [-0.2, -0.15) is 5.10 Å². The van der Waals surface area contributed by atoms with Gasteiger partial charge in [0, 0.05) is 17.3 Å². The van der Waals surface area contributed by atoms with Gasteiger partial charge in [-0.15, -0.1) is 0 Å². The third-order valence-electron chi connectivity index (χ3n) is 3.17. The minimum absolute atomic E-state index is 0.0892. The molecule has 136 valence electrons. The summed E-state index contributed by atoms with van der Waals surface area (Å²) in [6.45, 7) is 2.02. The SMILES string of the molecule is CCOc1c(OC)cc(/C=N/NC(=S)Nc2ccccc2)cc1[N+](=O)[O-]. The molecule has 2 aromatic rings. The molecule has 0 bridgehead atoms. The number of nitro benzene ring substituents is 1. The molecule has 0 aromatic heterocycles. The lowest BCUT2D eigenvalue weighted by atomic mass is 10.2. The number of thiocarbonyl (C=S) groups is 1. The van der Waals surface area contributed by atoms with Gasteiger partial charge in [-0.3, -0.25) is 15.5 Å². The number of nitrogens with zero attached hydrogens (tertiary/aromatic N) is 2. The smallest absolute Gasteiger partial charge is 0.315 e. The molecule has 0 amide bonds. The first-order valence-electron chi connectivity index (χ1n) is 7.69. The maximum Gasteiger partial charge on any atom is 0.315 e. The molecule has 0 radical (unpaired) electrons. The van der Waals surface area contributed by atoms with E-state index >= 15 is 0 Å². The molecule has 26 heavy (non-hydrogen) atoms. The van der Waals surface area contributed by atoms with Crippen LogP contribution in [0.4, 0.5) is 11.4 Å². The van der Waals surface area contributed by atoms with E-state index < -0.39 is 4.92 Å². The first-order chi connectivity index (χ1) is 12.5. The second-order valence-electron chi connectivity index (χ2n) is 4.95. The van der Waals surface area contributed by atoms with Crippen LogP contribution in [0.25, 0.3) is 0 Å². The highest BCUT2D eigenvalue weighted by Crippen LogP contribution is 2.37. The number of para-hydroxylation sites is 1. The maximum absolute atomic E-state index is 11.3. The minimum atomic E-state index is -0.528. The molecule has 0 saturated heterocycles. The number of hydrogen-bond donors (Lipinski definition) is 2. The monoisotopic (exact) mass is 374 g/mol. The molecule has 0 spiro atoms. The predicted octanol–water partition coefficient (Wildman–Crippen LogP) is 3.32. The Hall–Kier alpha value is -3.20. The zero-order valence-corrected chi connectivity index (χ0v) is 15.1. The Morgan fingerprint density at radius 2 is 2.08 bits per heavy atom. The van der Waals surface area contributed by atoms with Gasteiger partial charge in [0.15, 0.2) is 10.9 Å². The van der Waals surface area contributed by atoms with Gasteiger partial charge in [0.1, 0.15) is 0 Å². The van der Waals surface area contributed by atoms with E-state index in [1.807, 2.05) is 30.3 Å². The third kappa shape index (κ3) is 5.15. The maximum atomic E-state index is 11.3. The number of hydrogen-bond acceptors (Lipinski definition) is 6. The van der Waals surface area contributed by atoms with Crippen molar-refractivity contribution in [3.8, 4) is 11.5 Å². The summed E-state index contributed by atoms with van der Waals surface area (Å²) in [5, 5.41) is 18.5. The number of benzene rings is 2. The topological polar surface area (TPSA) is 98.0 Å². The van der Waals surface area contributed by atoms with Crippen LogP contribution >= 0.6 is 12.2 Å². The van der Waals surface area contributed by atoms with Crippen LogP contribution in [0.15, 0.2) is 47.6 Å². The summed E-state index contributed by atoms with van der Waals surface area (Å²) in [4.78, 5) is 10.8. The molecule has 0 aliphatic rings. The molecular formula is C17H18N4O4S. The Kier molecular flexibility index (Phi) is 6.86. The van der Waals surface area contributed by atoms with Gasteiger partial charge in [-0.1, -0.05) is 18.2 Å². The number of anilines is 1. The van der Waals surface area contributed by atoms with Crippen LogP contribution in [0, 0.1) is 10.1 Å². The van der Waals surface area contributed by atoms with Crippen molar-refractivity contribution in [2.45, 2.75) is 6.92 Å². The summed E-state index contributed by atoms with van der Waals surface area (Å²) in [7, 11) is 1.42. The van der Waals surface area contributed by atoms with E-state index in [1.54, 1.807) is 13.0 Å². The average molecular weight is 374 g/mol. The largest absolute Gasteiger partial charge is 0.493 e. The van der Waals surface area contributed by atoms with Crippen molar-refractivity contribution in [2.75, 3.05) is 19.0 Å². The number of rotatable bonds is 7. The Bertz CT molecular complexity index is 812. The van der Waals surface area contributed by atoms with E-state index in [1.165, 1.54) is 19.4 Å². The highest BCUT2D eigenvalue weighted by molar-refractivity contribution is 7.80. The first kappa shape index (κ1) is 19.1. The van der Waals surface area contributed by atoms with E-state index in [-0.39, 0.29) is 23.8 Å². The molecule has 0 heterocycles. The second kappa shape index (κ2) is 9.33. The molecule has 8 nitrogen and oxygen atoms in total. The molecule has 0 unspecified atom stereocenters. The van der Waals surface area contributed by atoms with E-state index in [9.17, 15) is 10.1 Å². The number of ether oxygens (including phenoxy) is 2. The molecule has 0 atom stereocenters. The standard InChI is InChI=1S/C17H18N4O4S/c1-3-25-16-14(21(22)23)9-12(10-15(16)24-2)11-18-20-17(26)19-13-7-5-4-6-8-13/h4-11H,3H2,1-2H3,(H2,19,20,26)/b18-11+. The van der Waals surface area contributed by atoms with Crippen LogP contribution in [0.1, 0.15) is 12.5 Å². The summed E-state index contributed by atoms with van der Waals surface area (Å²) < 4.78 is 10.5. The quantitative estimate of drug-likeness (QED) is 0.332. The molecule has 0 aliphatic carbocycles. The van der Waals surface area contributed by atoms with Gasteiger partial charge in [-0.25, -0.2) is 0 Å². The molecule has 2 N–H and O–H groups in total. The fourth-order valence-corrected chi connectivity index (χ4v) is 2.28. The zero-order valence-electron chi connectivity index (χ0n) is 14.3. The highest BCUT2D eigenvalue weighted by atomic mass is 32.1. The van der Waals surface area contributed by atoms with Gasteiger partial charge in [-0.05, 0) is 37.3 Å². The van der Waals surface area contributed by atoms with Crippen LogP contribution in [-0.2, 0) is 0 Å². The van der Waals surface area contributed by atoms with Gasteiger partial charge >= 0.3 is 5.69 Å². The normalized spacial score (nSPS) is 10.4. The number of methoxy groups -OCH3 is 1.